The van der Waals surface area contributed by atoms with Gasteiger partial charge in [0.25, 0.3) is 0 Å². The first-order chi connectivity index (χ1) is 25.0. The summed E-state index contributed by atoms with van der Waals surface area (Å²) >= 11 is 0. The summed E-state index contributed by atoms with van der Waals surface area (Å²) in [5.74, 6) is 0. The summed E-state index contributed by atoms with van der Waals surface area (Å²) in [5, 5.41) is 0. The highest BCUT2D eigenvalue weighted by Crippen LogP contribution is 2.23. The van der Waals surface area contributed by atoms with Crippen LogP contribution in [0, 0.1) is 0 Å². The molecule has 0 radical (unpaired) electrons. The number of nitrogens with two attached hydrogens (primary N) is 2. The number of rotatable bonds is 26. The van der Waals surface area contributed by atoms with Gasteiger partial charge in [0.05, 0.1) is 0 Å². The molecule has 0 atom stereocenters. The van der Waals surface area contributed by atoms with Crippen LogP contribution in [0.5, 0.6) is 0 Å². The van der Waals surface area contributed by atoms with Gasteiger partial charge in [-0.05, 0) is 133 Å². The number of hydrogen-bond acceptors (Lipinski definition) is 2. The van der Waals surface area contributed by atoms with Crippen molar-refractivity contribution in [3.8, 4) is 0 Å². The van der Waals surface area contributed by atoms with E-state index in [1.165, 1.54) is 167 Å². The van der Waals surface area contributed by atoms with Crippen LogP contribution in [0.15, 0.2) is 84.9 Å². The van der Waals surface area contributed by atoms with E-state index in [2.05, 4.69) is 98.8 Å². The number of benzene rings is 4. The minimum atomic E-state index is 0.891. The van der Waals surface area contributed by atoms with Gasteiger partial charge in [-0.1, -0.05) is 158 Å². The van der Waals surface area contributed by atoms with Gasteiger partial charge < -0.3 is 11.5 Å². The van der Waals surface area contributed by atoms with Crippen molar-refractivity contribution in [2.75, 3.05) is 11.5 Å². The van der Waals surface area contributed by atoms with E-state index in [9.17, 15) is 0 Å². The Balaban J connectivity index is 1.07. The SMILES string of the molecule is CCCCCCCc1cc(N)ccc1Cc1ccc(CCCCCCCCCc2ccc(Cc3ccc(N)cc3CCCCCCC)cc2)cc1. The van der Waals surface area contributed by atoms with Gasteiger partial charge >= 0.3 is 0 Å². The van der Waals surface area contributed by atoms with E-state index in [0.717, 1.165) is 37.1 Å². The molecule has 0 fully saturated rings. The van der Waals surface area contributed by atoms with Crippen LogP contribution < -0.4 is 11.5 Å². The van der Waals surface area contributed by atoms with Gasteiger partial charge in [0.1, 0.15) is 0 Å². The predicted octanol–water partition coefficient (Wildman–Crippen LogP) is 13.6. The quantitative estimate of drug-likeness (QED) is 0.0510. The average Bonchev–Trinajstić information content (AvgIpc) is 3.14. The number of unbranched alkanes of at least 4 members (excludes halogenated alkanes) is 14. The Kier molecular flexibility index (Phi) is 18.8. The van der Waals surface area contributed by atoms with E-state index < -0.39 is 0 Å². The zero-order valence-corrected chi connectivity index (χ0v) is 32.5. The second-order valence-corrected chi connectivity index (χ2v) is 15.3. The fraction of sp³-hybridized carbons (Fsp3) is 0.510. The molecule has 0 heterocycles. The van der Waals surface area contributed by atoms with Crippen LogP contribution >= 0.6 is 0 Å². The lowest BCUT2D eigenvalue weighted by molar-refractivity contribution is 0.579. The maximum atomic E-state index is 6.16. The predicted molar refractivity (Wildman–Crippen MR) is 225 cm³/mol. The van der Waals surface area contributed by atoms with Crippen LogP contribution in [-0.4, -0.2) is 0 Å². The van der Waals surface area contributed by atoms with Crippen LogP contribution in [0.4, 0.5) is 11.4 Å². The number of aryl methyl sites for hydroxylation is 4. The summed E-state index contributed by atoms with van der Waals surface area (Å²) in [6.45, 7) is 4.56. The van der Waals surface area contributed by atoms with Gasteiger partial charge in [0.15, 0.2) is 0 Å². The lowest BCUT2D eigenvalue weighted by atomic mass is 9.94. The van der Waals surface area contributed by atoms with E-state index in [-0.39, 0.29) is 0 Å². The summed E-state index contributed by atoms with van der Waals surface area (Å²) in [6, 6.07) is 31.8. The third-order valence-electron chi connectivity index (χ3n) is 10.8. The summed E-state index contributed by atoms with van der Waals surface area (Å²) < 4.78 is 0. The molecule has 0 aliphatic rings. The summed E-state index contributed by atoms with van der Waals surface area (Å²) in [5.41, 5.74) is 25.6. The first-order valence-electron chi connectivity index (χ1n) is 20.9. The molecular formula is C49H70N2. The maximum absolute atomic E-state index is 6.16. The molecule has 0 bridgehead atoms. The van der Waals surface area contributed by atoms with Crippen molar-refractivity contribution in [2.24, 2.45) is 0 Å². The molecule has 0 spiro atoms. The molecule has 0 saturated heterocycles. The summed E-state index contributed by atoms with van der Waals surface area (Å²) in [7, 11) is 0. The zero-order valence-electron chi connectivity index (χ0n) is 32.5. The second-order valence-electron chi connectivity index (χ2n) is 15.3. The third-order valence-corrected chi connectivity index (χ3v) is 10.8. The molecule has 0 aliphatic carbocycles. The van der Waals surface area contributed by atoms with Gasteiger partial charge in [-0.15, -0.1) is 0 Å². The largest absolute Gasteiger partial charge is 0.399 e. The van der Waals surface area contributed by atoms with Crippen LogP contribution in [0.1, 0.15) is 168 Å². The normalized spacial score (nSPS) is 11.3. The van der Waals surface area contributed by atoms with Gasteiger partial charge in [-0.3, -0.25) is 0 Å². The van der Waals surface area contributed by atoms with Crippen LogP contribution in [0.2, 0.25) is 0 Å². The minimum absolute atomic E-state index is 0.891. The van der Waals surface area contributed by atoms with Crippen molar-refractivity contribution >= 4 is 11.4 Å². The Morgan fingerprint density at radius 3 is 1.00 bits per heavy atom. The molecule has 276 valence electrons. The van der Waals surface area contributed by atoms with Crippen molar-refractivity contribution in [1.29, 1.82) is 0 Å². The highest BCUT2D eigenvalue weighted by molar-refractivity contribution is 5.47. The van der Waals surface area contributed by atoms with Crippen LogP contribution in [0.25, 0.3) is 0 Å². The maximum Gasteiger partial charge on any atom is 0.0316 e. The average molecular weight is 687 g/mol. The molecule has 51 heavy (non-hydrogen) atoms. The Bertz CT molecular complexity index is 1390. The number of anilines is 2. The molecule has 0 aliphatic heterocycles. The molecule has 0 saturated carbocycles. The van der Waals surface area contributed by atoms with Crippen molar-refractivity contribution in [3.63, 3.8) is 0 Å². The van der Waals surface area contributed by atoms with E-state index in [4.69, 9.17) is 11.5 Å². The molecule has 0 amide bonds. The Hall–Kier alpha value is -3.52. The van der Waals surface area contributed by atoms with Crippen LogP contribution in [0.3, 0.4) is 0 Å². The minimum Gasteiger partial charge on any atom is -0.399 e. The highest BCUT2D eigenvalue weighted by Gasteiger charge is 2.08. The molecule has 2 heteroatoms. The third kappa shape index (κ3) is 15.7. The van der Waals surface area contributed by atoms with Gasteiger partial charge in [0, 0.05) is 11.4 Å². The molecule has 4 rings (SSSR count). The number of hydrogen-bond donors (Lipinski definition) is 2. The molecule has 0 unspecified atom stereocenters. The van der Waals surface area contributed by atoms with Gasteiger partial charge in [-0.25, -0.2) is 0 Å². The standard InChI is InChI=1S/C49H70N2/c1-3-5-7-12-18-22-44-38-48(50)34-32-46(44)36-42-28-24-40(25-29-42)20-16-14-10-9-11-15-17-21-41-26-30-43(31-27-41)37-47-33-35-49(51)39-45(47)23-19-13-8-6-4-2/h24-35,38-39H,3-23,36-37,50-51H2,1-2H3. The van der Waals surface area contributed by atoms with E-state index in [0.29, 0.717) is 0 Å². The molecular weight excluding hydrogens is 617 g/mol. The van der Waals surface area contributed by atoms with Crippen LogP contribution in [-0.2, 0) is 38.5 Å². The molecule has 2 nitrogen and oxygen atoms in total. The van der Waals surface area contributed by atoms with Crippen molar-refractivity contribution in [3.05, 3.63) is 129 Å². The molecule has 0 aromatic heterocycles. The van der Waals surface area contributed by atoms with Crippen molar-refractivity contribution < 1.29 is 0 Å². The first-order valence-corrected chi connectivity index (χ1v) is 20.9. The zero-order chi connectivity index (χ0) is 35.9. The second kappa shape index (κ2) is 23.9. The first kappa shape index (κ1) is 40.3. The molecule has 4 N–H and O–H groups in total. The van der Waals surface area contributed by atoms with Crippen molar-refractivity contribution in [1.82, 2.24) is 0 Å². The Morgan fingerprint density at radius 2 is 0.627 bits per heavy atom. The number of nitrogen functional groups attached to an aromatic ring is 2. The fourth-order valence-electron chi connectivity index (χ4n) is 7.57. The van der Waals surface area contributed by atoms with Gasteiger partial charge in [0.2, 0.25) is 0 Å². The van der Waals surface area contributed by atoms with E-state index in [1.807, 2.05) is 0 Å². The Morgan fingerprint density at radius 1 is 0.314 bits per heavy atom. The van der Waals surface area contributed by atoms with E-state index >= 15 is 0 Å². The Labute approximate surface area is 312 Å². The summed E-state index contributed by atoms with van der Waals surface area (Å²) in [4.78, 5) is 0. The molecule has 4 aromatic rings. The fourth-order valence-corrected chi connectivity index (χ4v) is 7.57. The monoisotopic (exact) mass is 687 g/mol. The lowest BCUT2D eigenvalue weighted by Crippen LogP contribution is -1.99. The summed E-state index contributed by atoms with van der Waals surface area (Å²) in [6.07, 6.45) is 29.2. The smallest absolute Gasteiger partial charge is 0.0316 e. The highest BCUT2D eigenvalue weighted by atomic mass is 14.5. The van der Waals surface area contributed by atoms with Gasteiger partial charge in [-0.2, -0.15) is 0 Å². The lowest BCUT2D eigenvalue weighted by Gasteiger charge is -2.12. The van der Waals surface area contributed by atoms with Crippen molar-refractivity contribution in [2.45, 2.75) is 162 Å². The molecule has 4 aromatic carbocycles. The topological polar surface area (TPSA) is 52.0 Å². The van der Waals surface area contributed by atoms with E-state index in [1.54, 1.807) is 0 Å².